The van der Waals surface area contributed by atoms with Gasteiger partial charge in [0.05, 0.1) is 5.60 Å². The summed E-state index contributed by atoms with van der Waals surface area (Å²) in [5.74, 6) is 0. The zero-order valence-electron chi connectivity index (χ0n) is 9.19. The Balaban J connectivity index is 1.91. The lowest BCUT2D eigenvalue weighted by Gasteiger charge is -2.22. The van der Waals surface area contributed by atoms with Crippen LogP contribution in [0.25, 0.3) is 0 Å². The number of aromatic nitrogens is 2. The lowest BCUT2D eigenvalue weighted by atomic mass is 9.95. The van der Waals surface area contributed by atoms with Gasteiger partial charge in [-0.3, -0.25) is 4.68 Å². The molecule has 1 aromatic rings. The van der Waals surface area contributed by atoms with Crippen molar-refractivity contribution in [1.29, 1.82) is 0 Å². The van der Waals surface area contributed by atoms with Crippen molar-refractivity contribution >= 4 is 0 Å². The van der Waals surface area contributed by atoms with E-state index in [2.05, 4.69) is 5.10 Å². The fourth-order valence-electron chi connectivity index (χ4n) is 2.38. The fraction of sp³-hybridized carbons (Fsp3) is 0.727. The van der Waals surface area contributed by atoms with Gasteiger partial charge >= 0.3 is 0 Å². The van der Waals surface area contributed by atoms with E-state index in [0.717, 1.165) is 32.1 Å². The highest BCUT2D eigenvalue weighted by molar-refractivity contribution is 5.02. The van der Waals surface area contributed by atoms with E-state index in [1.54, 1.807) is 6.20 Å². The smallest absolute Gasteiger partial charge is 0.0666 e. The zero-order valence-corrected chi connectivity index (χ0v) is 9.19. The van der Waals surface area contributed by atoms with Crippen LogP contribution in [0.4, 0.5) is 0 Å². The molecule has 0 radical (unpaired) electrons. The molecule has 4 heteroatoms. The third-order valence-corrected chi connectivity index (χ3v) is 3.39. The molecule has 4 nitrogen and oxygen atoms in total. The van der Waals surface area contributed by atoms with Crippen molar-refractivity contribution in [2.45, 2.75) is 43.7 Å². The van der Waals surface area contributed by atoms with Crippen LogP contribution in [0.1, 0.15) is 31.4 Å². The molecule has 0 aromatic carbocycles. The molecule has 0 bridgehead atoms. The third-order valence-electron chi connectivity index (χ3n) is 3.39. The van der Waals surface area contributed by atoms with E-state index in [9.17, 15) is 5.11 Å². The van der Waals surface area contributed by atoms with Crippen LogP contribution < -0.4 is 5.73 Å². The summed E-state index contributed by atoms with van der Waals surface area (Å²) in [6, 6.07) is 2.18. The zero-order chi connectivity index (χ0) is 10.9. The van der Waals surface area contributed by atoms with E-state index in [1.807, 2.05) is 17.8 Å². The molecule has 1 aliphatic rings. The maximum Gasteiger partial charge on any atom is 0.0666 e. The number of hydrogen-bond donors (Lipinski definition) is 2. The molecule has 1 heterocycles. The van der Waals surface area contributed by atoms with Crippen LogP contribution in [0.3, 0.4) is 0 Å². The van der Waals surface area contributed by atoms with Gasteiger partial charge in [-0.1, -0.05) is 0 Å². The number of aryl methyl sites for hydroxylation is 2. The molecule has 0 amide bonds. The molecule has 84 valence electrons. The quantitative estimate of drug-likeness (QED) is 0.766. The van der Waals surface area contributed by atoms with Crippen LogP contribution in [-0.4, -0.2) is 26.5 Å². The largest absolute Gasteiger partial charge is 0.390 e. The highest BCUT2D eigenvalue weighted by Gasteiger charge is 2.35. The van der Waals surface area contributed by atoms with Crippen LogP contribution in [0, 0.1) is 0 Å². The van der Waals surface area contributed by atoms with Gasteiger partial charge in [0.1, 0.15) is 0 Å². The minimum Gasteiger partial charge on any atom is -0.390 e. The molecule has 2 atom stereocenters. The second-order valence-electron chi connectivity index (χ2n) is 4.67. The van der Waals surface area contributed by atoms with Gasteiger partial charge < -0.3 is 10.8 Å². The second-order valence-corrected chi connectivity index (χ2v) is 4.67. The first-order valence-electron chi connectivity index (χ1n) is 5.54. The van der Waals surface area contributed by atoms with Gasteiger partial charge in [-0.15, -0.1) is 0 Å². The SMILES string of the molecule is Cn1nccc1CCC1(O)CCC(N)C1. The maximum absolute atomic E-state index is 10.2. The highest BCUT2D eigenvalue weighted by atomic mass is 16.3. The number of hydrogen-bond acceptors (Lipinski definition) is 3. The topological polar surface area (TPSA) is 64.1 Å². The van der Waals surface area contributed by atoms with Gasteiger partial charge in [-0.2, -0.15) is 5.10 Å². The standard InChI is InChI=1S/C11H19N3O/c1-14-10(4-7-13-14)3-6-11(15)5-2-9(12)8-11/h4,7,9,15H,2-3,5-6,8,12H2,1H3. The van der Waals surface area contributed by atoms with E-state index in [4.69, 9.17) is 5.73 Å². The number of aliphatic hydroxyl groups is 1. The van der Waals surface area contributed by atoms with Gasteiger partial charge in [-0.05, 0) is 38.2 Å². The molecular formula is C11H19N3O. The third kappa shape index (κ3) is 2.38. The van der Waals surface area contributed by atoms with Gasteiger partial charge in [0.2, 0.25) is 0 Å². The predicted octanol–water partition coefficient (Wildman–Crippen LogP) is 0.595. The summed E-state index contributed by atoms with van der Waals surface area (Å²) in [7, 11) is 1.93. The monoisotopic (exact) mass is 209 g/mol. The Morgan fingerprint density at radius 3 is 3.07 bits per heavy atom. The Morgan fingerprint density at radius 1 is 1.73 bits per heavy atom. The first-order valence-corrected chi connectivity index (χ1v) is 5.54. The van der Waals surface area contributed by atoms with Crippen molar-refractivity contribution in [2.75, 3.05) is 0 Å². The van der Waals surface area contributed by atoms with Gasteiger partial charge in [0.25, 0.3) is 0 Å². The van der Waals surface area contributed by atoms with Crippen LogP contribution in [0.15, 0.2) is 12.3 Å². The Kier molecular flexibility index (Phi) is 2.80. The minimum absolute atomic E-state index is 0.182. The molecule has 15 heavy (non-hydrogen) atoms. The molecule has 1 aliphatic carbocycles. The molecule has 2 unspecified atom stereocenters. The van der Waals surface area contributed by atoms with Gasteiger partial charge in [-0.25, -0.2) is 0 Å². The molecule has 1 saturated carbocycles. The molecule has 0 spiro atoms. The van der Waals surface area contributed by atoms with Crippen molar-refractivity contribution in [2.24, 2.45) is 12.8 Å². The van der Waals surface area contributed by atoms with E-state index in [1.165, 1.54) is 5.69 Å². The summed E-state index contributed by atoms with van der Waals surface area (Å²) in [4.78, 5) is 0. The van der Waals surface area contributed by atoms with E-state index in [-0.39, 0.29) is 6.04 Å². The summed E-state index contributed by atoms with van der Waals surface area (Å²) >= 11 is 0. The predicted molar refractivity (Wildman–Crippen MR) is 58.3 cm³/mol. The highest BCUT2D eigenvalue weighted by Crippen LogP contribution is 2.32. The molecule has 1 fully saturated rings. The Labute approximate surface area is 90.1 Å². The summed E-state index contributed by atoms with van der Waals surface area (Å²) in [6.07, 6.45) is 5.98. The van der Waals surface area contributed by atoms with Crippen molar-refractivity contribution in [3.63, 3.8) is 0 Å². The first-order chi connectivity index (χ1) is 7.09. The fourth-order valence-corrected chi connectivity index (χ4v) is 2.38. The maximum atomic E-state index is 10.2. The van der Waals surface area contributed by atoms with Crippen molar-refractivity contribution in [3.8, 4) is 0 Å². The molecule has 2 rings (SSSR count). The molecular weight excluding hydrogens is 190 g/mol. The Morgan fingerprint density at radius 2 is 2.53 bits per heavy atom. The van der Waals surface area contributed by atoms with Crippen molar-refractivity contribution in [3.05, 3.63) is 18.0 Å². The van der Waals surface area contributed by atoms with Crippen LogP contribution in [0.2, 0.25) is 0 Å². The number of nitrogens with two attached hydrogens (primary N) is 1. The number of nitrogens with zero attached hydrogens (tertiary/aromatic N) is 2. The van der Waals surface area contributed by atoms with Crippen LogP contribution in [0.5, 0.6) is 0 Å². The first kappa shape index (κ1) is 10.6. The Bertz CT molecular complexity index is 336. The Hall–Kier alpha value is -0.870. The average molecular weight is 209 g/mol. The lowest BCUT2D eigenvalue weighted by Crippen LogP contribution is -2.28. The van der Waals surface area contributed by atoms with Crippen molar-refractivity contribution in [1.82, 2.24) is 9.78 Å². The van der Waals surface area contributed by atoms with Crippen LogP contribution >= 0.6 is 0 Å². The van der Waals surface area contributed by atoms with Gasteiger partial charge in [0, 0.05) is 25.0 Å². The van der Waals surface area contributed by atoms with Gasteiger partial charge in [0.15, 0.2) is 0 Å². The molecule has 0 aliphatic heterocycles. The lowest BCUT2D eigenvalue weighted by molar-refractivity contribution is 0.0374. The normalized spacial score (nSPS) is 31.0. The number of rotatable bonds is 3. The van der Waals surface area contributed by atoms with Crippen molar-refractivity contribution < 1.29 is 5.11 Å². The van der Waals surface area contributed by atoms with E-state index >= 15 is 0 Å². The molecule has 0 saturated heterocycles. The molecule has 1 aromatic heterocycles. The second kappa shape index (κ2) is 3.94. The summed E-state index contributed by atoms with van der Waals surface area (Å²) in [5.41, 5.74) is 6.44. The average Bonchev–Trinajstić information content (AvgIpc) is 2.71. The summed E-state index contributed by atoms with van der Waals surface area (Å²) < 4.78 is 1.86. The van der Waals surface area contributed by atoms with E-state index in [0.29, 0.717) is 0 Å². The van der Waals surface area contributed by atoms with E-state index < -0.39 is 5.60 Å². The van der Waals surface area contributed by atoms with Crippen LogP contribution in [-0.2, 0) is 13.5 Å². The molecule has 3 N–H and O–H groups in total. The summed E-state index contributed by atoms with van der Waals surface area (Å²) in [5, 5.41) is 14.4. The summed E-state index contributed by atoms with van der Waals surface area (Å²) in [6.45, 7) is 0. The minimum atomic E-state index is -0.538.